The zero-order valence-corrected chi connectivity index (χ0v) is 17.0. The molecule has 1 unspecified atom stereocenters. The van der Waals surface area contributed by atoms with Crippen LogP contribution in [0.15, 0.2) is 52.8 Å². The molecule has 29 heavy (non-hydrogen) atoms. The second kappa shape index (κ2) is 9.42. The SMILES string of the molecule is N#CCC1/C=C\C/C(c2ccc(SNc3ccc(C(F)(F)F)c(O)c3)s2)=C\CC1. The molecule has 0 amide bonds. The molecule has 0 saturated carbocycles. The topological polar surface area (TPSA) is 56.0 Å². The Bertz CT molecular complexity index is 958. The quantitative estimate of drug-likeness (QED) is 0.383. The first kappa shape index (κ1) is 21.3. The van der Waals surface area contributed by atoms with E-state index in [1.807, 2.05) is 12.1 Å². The van der Waals surface area contributed by atoms with E-state index in [0.29, 0.717) is 18.0 Å². The molecule has 8 heteroatoms. The number of nitrogens with one attached hydrogen (secondary N) is 1. The highest BCUT2D eigenvalue weighted by atomic mass is 32.2. The number of aromatic hydroxyl groups is 1. The van der Waals surface area contributed by atoms with Gasteiger partial charge in [0.05, 0.1) is 15.8 Å². The molecule has 2 N–H and O–H groups in total. The van der Waals surface area contributed by atoms with Gasteiger partial charge in [0.2, 0.25) is 0 Å². The Morgan fingerprint density at radius 1 is 1.28 bits per heavy atom. The summed E-state index contributed by atoms with van der Waals surface area (Å²) in [5, 5.41) is 18.4. The number of anilines is 1. The lowest BCUT2D eigenvalue weighted by molar-refractivity contribution is -0.138. The second-order valence-electron chi connectivity index (χ2n) is 6.61. The molecule has 0 radical (unpaired) electrons. The molecular weight excluding hydrogens is 417 g/mol. The molecular formula is C21H19F3N2OS2. The van der Waals surface area contributed by atoms with Gasteiger partial charge < -0.3 is 9.83 Å². The van der Waals surface area contributed by atoms with E-state index in [2.05, 4.69) is 29.0 Å². The van der Waals surface area contributed by atoms with Crippen LogP contribution in [0, 0.1) is 17.2 Å². The summed E-state index contributed by atoms with van der Waals surface area (Å²) in [7, 11) is 0. The minimum Gasteiger partial charge on any atom is -0.507 e. The first-order chi connectivity index (χ1) is 13.9. The average Bonchev–Trinajstić information content (AvgIpc) is 3.10. The zero-order chi connectivity index (χ0) is 20.9. The molecule has 152 valence electrons. The average molecular weight is 437 g/mol. The summed E-state index contributed by atoms with van der Waals surface area (Å²) in [5.74, 6) is -0.479. The van der Waals surface area contributed by atoms with E-state index in [1.165, 1.54) is 23.6 Å². The second-order valence-corrected chi connectivity index (χ2v) is 8.80. The van der Waals surface area contributed by atoms with Crippen LogP contribution in [-0.4, -0.2) is 5.11 Å². The number of allylic oxidation sites excluding steroid dienone is 4. The molecule has 0 fully saturated rings. The van der Waals surface area contributed by atoms with Gasteiger partial charge in [-0.25, -0.2) is 0 Å². The molecule has 0 saturated heterocycles. The molecule has 1 aromatic carbocycles. The first-order valence-corrected chi connectivity index (χ1v) is 10.7. The summed E-state index contributed by atoms with van der Waals surface area (Å²) >= 11 is 2.89. The van der Waals surface area contributed by atoms with E-state index in [9.17, 15) is 18.3 Å². The molecule has 1 atom stereocenters. The molecule has 2 aromatic rings. The molecule has 0 spiro atoms. The van der Waals surface area contributed by atoms with Crippen molar-refractivity contribution in [3.63, 3.8) is 0 Å². The van der Waals surface area contributed by atoms with Gasteiger partial charge in [0.15, 0.2) is 0 Å². The third-order valence-electron chi connectivity index (χ3n) is 4.50. The van der Waals surface area contributed by atoms with E-state index in [4.69, 9.17) is 5.26 Å². The van der Waals surface area contributed by atoms with Gasteiger partial charge in [-0.05, 0) is 67.0 Å². The smallest absolute Gasteiger partial charge is 0.419 e. The number of phenols is 1. The normalized spacial score (nSPS) is 20.1. The zero-order valence-electron chi connectivity index (χ0n) is 15.4. The number of alkyl halides is 3. The van der Waals surface area contributed by atoms with Crippen molar-refractivity contribution in [3.8, 4) is 11.8 Å². The molecule has 0 bridgehead atoms. The van der Waals surface area contributed by atoms with Crippen LogP contribution in [0.3, 0.4) is 0 Å². The monoisotopic (exact) mass is 436 g/mol. The standard InChI is InChI=1S/C21H19F3N2OS2/c22-21(23,24)17-8-7-16(13-18(17)27)26-29-20-10-9-19(28-20)15-5-1-3-14(11-12-25)4-2-6-15/h1,3,6-10,13-14,26-27H,2,4-5,11H2/b3-1-,15-6+. The fraction of sp³-hybridized carbons (Fsp3) is 0.286. The minimum absolute atomic E-state index is 0.316. The number of nitriles is 1. The van der Waals surface area contributed by atoms with Crippen LogP contribution in [-0.2, 0) is 6.18 Å². The Balaban J connectivity index is 1.61. The van der Waals surface area contributed by atoms with Gasteiger partial charge in [0.1, 0.15) is 5.75 Å². The fourth-order valence-corrected chi connectivity index (χ4v) is 4.85. The van der Waals surface area contributed by atoms with Crippen LogP contribution in [0.4, 0.5) is 18.9 Å². The minimum atomic E-state index is -4.58. The largest absolute Gasteiger partial charge is 0.507 e. The molecule has 1 aromatic heterocycles. The maximum Gasteiger partial charge on any atom is 0.419 e. The van der Waals surface area contributed by atoms with Crippen molar-refractivity contribution in [1.29, 1.82) is 5.26 Å². The van der Waals surface area contributed by atoms with Crippen LogP contribution in [0.2, 0.25) is 0 Å². The van der Waals surface area contributed by atoms with Gasteiger partial charge in [0, 0.05) is 23.1 Å². The van der Waals surface area contributed by atoms with Crippen LogP contribution >= 0.6 is 23.3 Å². The van der Waals surface area contributed by atoms with Crippen LogP contribution in [0.25, 0.3) is 5.57 Å². The van der Waals surface area contributed by atoms with Crippen molar-refractivity contribution in [2.45, 2.75) is 36.1 Å². The van der Waals surface area contributed by atoms with E-state index in [0.717, 1.165) is 40.5 Å². The third-order valence-corrected chi connectivity index (χ3v) is 6.63. The van der Waals surface area contributed by atoms with Crippen molar-refractivity contribution in [2.75, 3.05) is 4.72 Å². The molecule has 1 heterocycles. The Kier molecular flexibility index (Phi) is 6.93. The first-order valence-electron chi connectivity index (χ1n) is 9.02. The molecule has 3 rings (SSSR count). The molecule has 1 aliphatic carbocycles. The van der Waals surface area contributed by atoms with Gasteiger partial charge in [-0.2, -0.15) is 18.4 Å². The number of halogens is 3. The van der Waals surface area contributed by atoms with Gasteiger partial charge in [-0.1, -0.05) is 18.2 Å². The lowest BCUT2D eigenvalue weighted by atomic mass is 9.94. The van der Waals surface area contributed by atoms with E-state index in [1.54, 1.807) is 11.3 Å². The lowest BCUT2D eigenvalue weighted by Crippen LogP contribution is -2.05. The maximum atomic E-state index is 12.7. The number of rotatable bonds is 5. The Morgan fingerprint density at radius 3 is 2.83 bits per heavy atom. The van der Waals surface area contributed by atoms with Gasteiger partial charge in [-0.15, -0.1) is 11.3 Å². The van der Waals surface area contributed by atoms with E-state index in [-0.39, 0.29) is 0 Å². The van der Waals surface area contributed by atoms with Gasteiger partial charge in [-0.3, -0.25) is 0 Å². The summed E-state index contributed by atoms with van der Waals surface area (Å²) < 4.78 is 42.1. The highest BCUT2D eigenvalue weighted by molar-refractivity contribution is 8.02. The van der Waals surface area contributed by atoms with Crippen LogP contribution < -0.4 is 4.72 Å². The Hall–Kier alpha value is -2.37. The molecule has 3 nitrogen and oxygen atoms in total. The summed E-state index contributed by atoms with van der Waals surface area (Å²) in [6, 6.07) is 9.45. The molecule has 1 aliphatic rings. The predicted molar refractivity (Wildman–Crippen MR) is 112 cm³/mol. The van der Waals surface area contributed by atoms with Crippen molar-refractivity contribution >= 4 is 34.5 Å². The highest BCUT2D eigenvalue weighted by Crippen LogP contribution is 2.39. The number of phenolic OH excluding ortho intramolecular Hbond substituents is 1. The van der Waals surface area contributed by atoms with E-state index >= 15 is 0 Å². The lowest BCUT2D eigenvalue weighted by Gasteiger charge is -2.12. The van der Waals surface area contributed by atoms with Crippen molar-refractivity contribution < 1.29 is 18.3 Å². The van der Waals surface area contributed by atoms with Gasteiger partial charge >= 0.3 is 6.18 Å². The summed E-state index contributed by atoms with van der Waals surface area (Å²) in [5.41, 5.74) is 0.584. The fourth-order valence-electron chi connectivity index (χ4n) is 3.02. The van der Waals surface area contributed by atoms with E-state index < -0.39 is 17.5 Å². The molecule has 0 aliphatic heterocycles. The van der Waals surface area contributed by atoms with Crippen molar-refractivity contribution in [2.24, 2.45) is 5.92 Å². The number of thiophene rings is 1. The van der Waals surface area contributed by atoms with Crippen molar-refractivity contribution in [3.05, 3.63) is 59.0 Å². The van der Waals surface area contributed by atoms with Gasteiger partial charge in [0.25, 0.3) is 0 Å². The summed E-state index contributed by atoms with van der Waals surface area (Å²) in [4.78, 5) is 1.15. The van der Waals surface area contributed by atoms with Crippen LogP contribution in [0.1, 0.15) is 36.1 Å². The number of hydrogen-bond donors (Lipinski definition) is 2. The third kappa shape index (κ3) is 5.81. The summed E-state index contributed by atoms with van der Waals surface area (Å²) in [6.07, 6.45) is 5.12. The maximum absolute atomic E-state index is 12.7. The Labute approximate surface area is 175 Å². The predicted octanol–water partition coefficient (Wildman–Crippen LogP) is 7.25. The van der Waals surface area contributed by atoms with Crippen LogP contribution in [0.5, 0.6) is 5.75 Å². The summed E-state index contributed by atoms with van der Waals surface area (Å²) in [6.45, 7) is 0. The highest BCUT2D eigenvalue weighted by Gasteiger charge is 2.33. The number of benzene rings is 1. The Morgan fingerprint density at radius 2 is 2.10 bits per heavy atom. The number of nitrogens with zero attached hydrogens (tertiary/aromatic N) is 1. The number of hydrogen-bond acceptors (Lipinski definition) is 5. The van der Waals surface area contributed by atoms with Crippen molar-refractivity contribution in [1.82, 2.24) is 0 Å².